The summed E-state index contributed by atoms with van der Waals surface area (Å²) < 4.78 is 12.1. The van der Waals surface area contributed by atoms with E-state index < -0.39 is 0 Å². The summed E-state index contributed by atoms with van der Waals surface area (Å²) in [7, 11) is 0. The fourth-order valence-electron chi connectivity index (χ4n) is 2.76. The van der Waals surface area contributed by atoms with Crippen LogP contribution in [0.4, 0.5) is 4.39 Å². The van der Waals surface area contributed by atoms with Gasteiger partial charge in [0.05, 0.1) is 6.67 Å². The first-order valence-corrected chi connectivity index (χ1v) is 9.19. The molecule has 0 heterocycles. The first kappa shape index (κ1) is 18.9. The highest BCUT2D eigenvalue weighted by Crippen LogP contribution is 2.16. The highest BCUT2D eigenvalue weighted by Gasteiger charge is 1.99. The Balaban J connectivity index is 2.28. The van der Waals surface area contributed by atoms with Crippen molar-refractivity contribution in [2.75, 3.05) is 6.67 Å². The first-order chi connectivity index (χ1) is 10.9. The molecule has 0 nitrogen and oxygen atoms in total. The number of benzene rings is 1. The van der Waals surface area contributed by atoms with Crippen LogP contribution in [-0.4, -0.2) is 6.67 Å². The van der Waals surface area contributed by atoms with E-state index >= 15 is 0 Å². The molecule has 124 valence electrons. The van der Waals surface area contributed by atoms with Crippen LogP contribution < -0.4 is 0 Å². The van der Waals surface area contributed by atoms with Gasteiger partial charge in [-0.15, -0.1) is 0 Å². The molecule has 0 spiro atoms. The molecule has 0 unspecified atom stereocenters. The Bertz CT molecular complexity index is 395. The minimum atomic E-state index is -0.192. The molecule has 0 fully saturated rings. The first-order valence-electron chi connectivity index (χ1n) is 9.19. The van der Waals surface area contributed by atoms with Crippen LogP contribution in [0, 0.1) is 0 Å². The quantitative estimate of drug-likeness (QED) is 0.340. The van der Waals surface area contributed by atoms with Crippen molar-refractivity contribution < 1.29 is 4.39 Å². The van der Waals surface area contributed by atoms with Crippen LogP contribution in [0.5, 0.6) is 0 Å². The van der Waals surface area contributed by atoms with E-state index in [0.717, 1.165) is 12.8 Å². The van der Waals surface area contributed by atoms with E-state index in [1.165, 1.54) is 62.5 Å². The van der Waals surface area contributed by atoms with Crippen LogP contribution in [0.2, 0.25) is 0 Å². The van der Waals surface area contributed by atoms with E-state index in [1.807, 2.05) is 0 Å². The second-order valence-corrected chi connectivity index (χ2v) is 6.16. The van der Waals surface area contributed by atoms with Gasteiger partial charge in [0.25, 0.3) is 0 Å². The van der Waals surface area contributed by atoms with Crippen LogP contribution in [0.1, 0.15) is 82.3 Å². The largest absolute Gasteiger partial charge is 0.251 e. The van der Waals surface area contributed by atoms with Gasteiger partial charge in [-0.25, -0.2) is 0 Å². The molecule has 0 radical (unpaired) electrons. The Kier molecular flexibility index (Phi) is 11.7. The lowest BCUT2D eigenvalue weighted by molar-refractivity contribution is 0.463. The molecule has 1 aromatic rings. The number of hydrogen-bond acceptors (Lipinski definition) is 0. The molecule has 0 amide bonds. The van der Waals surface area contributed by atoms with E-state index in [9.17, 15) is 4.39 Å². The molecule has 0 saturated carbocycles. The Morgan fingerprint density at radius 1 is 0.864 bits per heavy atom. The lowest BCUT2D eigenvalue weighted by Crippen LogP contribution is -1.90. The SMILES string of the molecule is CCCCCCCCCc1ccccc1/C=C/CCCCF. The van der Waals surface area contributed by atoms with Gasteiger partial charge < -0.3 is 0 Å². The van der Waals surface area contributed by atoms with Crippen molar-refractivity contribution in [1.29, 1.82) is 0 Å². The summed E-state index contributed by atoms with van der Waals surface area (Å²) in [5.41, 5.74) is 2.80. The predicted octanol–water partition coefficient (Wildman–Crippen LogP) is 7.13. The fourth-order valence-corrected chi connectivity index (χ4v) is 2.76. The summed E-state index contributed by atoms with van der Waals surface area (Å²) in [4.78, 5) is 0. The third-order valence-corrected chi connectivity index (χ3v) is 4.16. The van der Waals surface area contributed by atoms with Crippen molar-refractivity contribution in [3.05, 3.63) is 41.5 Å². The second kappa shape index (κ2) is 13.5. The van der Waals surface area contributed by atoms with Crippen molar-refractivity contribution in [1.82, 2.24) is 0 Å². The fraction of sp³-hybridized carbons (Fsp3) is 0.619. The van der Waals surface area contributed by atoms with Crippen LogP contribution in [0.15, 0.2) is 30.3 Å². The molecular weight excluding hydrogens is 271 g/mol. The highest BCUT2D eigenvalue weighted by molar-refractivity contribution is 5.53. The van der Waals surface area contributed by atoms with Gasteiger partial charge in [0.1, 0.15) is 0 Å². The molecule has 1 heteroatoms. The van der Waals surface area contributed by atoms with Crippen LogP contribution in [-0.2, 0) is 6.42 Å². The predicted molar refractivity (Wildman–Crippen MR) is 97.0 cm³/mol. The normalized spacial score (nSPS) is 11.4. The Hall–Kier alpha value is -1.11. The van der Waals surface area contributed by atoms with Crippen molar-refractivity contribution >= 4 is 6.08 Å². The summed E-state index contributed by atoms with van der Waals surface area (Å²) in [5, 5.41) is 0. The molecular formula is C21H33F. The van der Waals surface area contributed by atoms with Gasteiger partial charge in [-0.05, 0) is 43.2 Å². The van der Waals surface area contributed by atoms with E-state index in [-0.39, 0.29) is 6.67 Å². The van der Waals surface area contributed by atoms with Gasteiger partial charge in [-0.3, -0.25) is 4.39 Å². The zero-order valence-electron chi connectivity index (χ0n) is 14.3. The molecule has 0 atom stereocenters. The number of rotatable bonds is 13. The molecule has 0 aliphatic carbocycles. The van der Waals surface area contributed by atoms with Gasteiger partial charge in [0, 0.05) is 0 Å². The summed E-state index contributed by atoms with van der Waals surface area (Å²) in [6.07, 6.45) is 17.7. The zero-order chi connectivity index (χ0) is 15.9. The zero-order valence-corrected chi connectivity index (χ0v) is 14.3. The summed E-state index contributed by atoms with van der Waals surface area (Å²) in [6.45, 7) is 2.07. The number of aryl methyl sites for hydroxylation is 1. The Morgan fingerprint density at radius 3 is 2.36 bits per heavy atom. The number of unbranched alkanes of at least 4 members (excludes halogenated alkanes) is 8. The van der Waals surface area contributed by atoms with Crippen molar-refractivity contribution in [2.45, 2.75) is 77.6 Å². The van der Waals surface area contributed by atoms with E-state index in [0.29, 0.717) is 6.42 Å². The van der Waals surface area contributed by atoms with Gasteiger partial charge in [-0.1, -0.05) is 81.9 Å². The molecule has 1 aromatic carbocycles. The third-order valence-electron chi connectivity index (χ3n) is 4.16. The molecule has 0 saturated heterocycles. The Morgan fingerprint density at radius 2 is 1.59 bits per heavy atom. The Labute approximate surface area is 136 Å². The molecule has 1 rings (SSSR count). The topological polar surface area (TPSA) is 0 Å². The van der Waals surface area contributed by atoms with E-state index in [4.69, 9.17) is 0 Å². The van der Waals surface area contributed by atoms with Crippen molar-refractivity contribution in [2.24, 2.45) is 0 Å². The molecule has 0 bridgehead atoms. The third kappa shape index (κ3) is 9.02. The second-order valence-electron chi connectivity index (χ2n) is 6.16. The number of halogens is 1. The standard InChI is InChI=1S/C21H33F/c1-2-3-4-5-6-7-10-15-20-17-12-13-18-21(20)16-11-8-9-14-19-22/h11-13,16-18H,2-10,14-15,19H2,1H3/b16-11+. The lowest BCUT2D eigenvalue weighted by atomic mass is 9.99. The number of hydrogen-bond donors (Lipinski definition) is 0. The minimum absolute atomic E-state index is 0.192. The van der Waals surface area contributed by atoms with E-state index in [1.54, 1.807) is 0 Å². The highest BCUT2D eigenvalue weighted by atomic mass is 19.1. The van der Waals surface area contributed by atoms with Gasteiger partial charge in [0.2, 0.25) is 0 Å². The maximum absolute atomic E-state index is 12.1. The van der Waals surface area contributed by atoms with Crippen molar-refractivity contribution in [3.8, 4) is 0 Å². The van der Waals surface area contributed by atoms with Gasteiger partial charge in [0.15, 0.2) is 0 Å². The average molecular weight is 304 g/mol. The van der Waals surface area contributed by atoms with Crippen molar-refractivity contribution in [3.63, 3.8) is 0 Å². The number of allylic oxidation sites excluding steroid dienone is 1. The average Bonchev–Trinajstić information content (AvgIpc) is 2.55. The summed E-state index contributed by atoms with van der Waals surface area (Å²) >= 11 is 0. The maximum atomic E-state index is 12.1. The molecule has 0 aliphatic rings. The van der Waals surface area contributed by atoms with Gasteiger partial charge >= 0.3 is 0 Å². The van der Waals surface area contributed by atoms with Crippen LogP contribution in [0.25, 0.3) is 6.08 Å². The van der Waals surface area contributed by atoms with Crippen LogP contribution in [0.3, 0.4) is 0 Å². The summed E-state index contributed by atoms with van der Waals surface area (Å²) in [5.74, 6) is 0. The maximum Gasteiger partial charge on any atom is 0.0894 e. The summed E-state index contributed by atoms with van der Waals surface area (Å²) in [6, 6.07) is 8.69. The monoisotopic (exact) mass is 304 g/mol. The van der Waals surface area contributed by atoms with Crippen LogP contribution >= 0.6 is 0 Å². The van der Waals surface area contributed by atoms with E-state index in [2.05, 4.69) is 43.3 Å². The number of alkyl halides is 1. The molecule has 0 aliphatic heterocycles. The minimum Gasteiger partial charge on any atom is -0.251 e. The molecule has 0 aromatic heterocycles. The smallest absolute Gasteiger partial charge is 0.0894 e. The lowest BCUT2D eigenvalue weighted by Gasteiger charge is -2.06. The van der Waals surface area contributed by atoms with Gasteiger partial charge in [-0.2, -0.15) is 0 Å². The molecule has 22 heavy (non-hydrogen) atoms. The molecule has 0 N–H and O–H groups in total.